The highest BCUT2D eigenvalue weighted by Crippen LogP contribution is 2.32. The lowest BCUT2D eigenvalue weighted by Gasteiger charge is -2.40. The van der Waals surface area contributed by atoms with Crippen LogP contribution in [0.3, 0.4) is 0 Å². The number of ketones is 1. The number of ether oxygens (including phenoxy) is 1. The van der Waals surface area contributed by atoms with Gasteiger partial charge in [-0.3, -0.25) is 24.1 Å². The van der Waals surface area contributed by atoms with Crippen molar-refractivity contribution in [3.8, 4) is 5.75 Å². The number of rotatable bonds is 11. The minimum Gasteiger partial charge on any atom is -0.489 e. The molecule has 11 heteroatoms. The van der Waals surface area contributed by atoms with Crippen molar-refractivity contribution in [2.45, 2.75) is 52.1 Å². The maximum Gasteiger partial charge on any atom is 0.452 e. The molecule has 1 aliphatic heterocycles. The monoisotopic (exact) mass is 621 g/mol. The van der Waals surface area contributed by atoms with Gasteiger partial charge in [0.2, 0.25) is 11.8 Å². The molecule has 45 heavy (non-hydrogen) atoms. The van der Waals surface area contributed by atoms with Crippen LogP contribution in [0.15, 0.2) is 91.1 Å². The second-order valence-electron chi connectivity index (χ2n) is 11.0. The van der Waals surface area contributed by atoms with Crippen LogP contribution in [0.4, 0.5) is 13.2 Å². The molecular formula is C34H34F3N3O5. The highest BCUT2D eigenvalue weighted by Gasteiger charge is 2.45. The molecule has 0 radical (unpaired) electrons. The molecule has 1 heterocycles. The zero-order valence-corrected chi connectivity index (χ0v) is 25.1. The van der Waals surface area contributed by atoms with E-state index in [1.165, 1.54) is 18.0 Å². The normalized spacial score (nSPS) is 15.8. The van der Waals surface area contributed by atoms with Gasteiger partial charge in [-0.25, -0.2) is 0 Å². The van der Waals surface area contributed by atoms with Crippen molar-refractivity contribution in [3.63, 3.8) is 0 Å². The van der Waals surface area contributed by atoms with Crippen LogP contribution in [0.2, 0.25) is 0 Å². The van der Waals surface area contributed by atoms with Crippen molar-refractivity contribution in [2.75, 3.05) is 6.54 Å². The second kappa shape index (κ2) is 14.2. The average molecular weight is 622 g/mol. The van der Waals surface area contributed by atoms with Crippen molar-refractivity contribution in [3.05, 3.63) is 108 Å². The molecule has 1 aliphatic rings. The molecule has 3 amide bonds. The highest BCUT2D eigenvalue weighted by molar-refractivity contribution is 6.00. The van der Waals surface area contributed by atoms with Gasteiger partial charge in [0.05, 0.1) is 5.70 Å². The van der Waals surface area contributed by atoms with Crippen molar-refractivity contribution in [1.82, 2.24) is 15.1 Å². The molecule has 236 valence electrons. The lowest BCUT2D eigenvalue weighted by Crippen LogP contribution is -2.57. The van der Waals surface area contributed by atoms with Crippen molar-refractivity contribution < 1.29 is 37.1 Å². The molecule has 4 rings (SSSR count). The van der Waals surface area contributed by atoms with E-state index in [4.69, 9.17) is 4.74 Å². The first kappa shape index (κ1) is 33.0. The standard InChI is InChI=1S/C34H34F3N3O5/c1-22(2)31-33(44)40(20-30(42)38-28(32(43)34(35,36)37)17-24-11-6-4-7-12-24)29(19-39(31)23(3)41)26-15-10-16-27(18-26)45-21-25-13-8-5-9-14-25/h4-16,18-19,22,28,31H,17,20-21H2,1-3H3,(H,38,42)/t28?,31-/m1/s1. The van der Waals surface area contributed by atoms with Gasteiger partial charge in [-0.05, 0) is 29.2 Å². The quantitative estimate of drug-likeness (QED) is 0.320. The fourth-order valence-electron chi connectivity index (χ4n) is 5.09. The van der Waals surface area contributed by atoms with E-state index in [2.05, 4.69) is 5.32 Å². The number of nitrogens with zero attached hydrogens (tertiary/aromatic N) is 2. The molecule has 1 N–H and O–H groups in total. The van der Waals surface area contributed by atoms with Crippen LogP contribution in [0, 0.1) is 5.92 Å². The van der Waals surface area contributed by atoms with E-state index in [1.807, 2.05) is 30.3 Å². The summed E-state index contributed by atoms with van der Waals surface area (Å²) in [6.45, 7) is 4.37. The van der Waals surface area contributed by atoms with Gasteiger partial charge < -0.3 is 15.0 Å². The summed E-state index contributed by atoms with van der Waals surface area (Å²) in [6, 6.07) is 21.3. The Morgan fingerprint density at radius 2 is 1.53 bits per heavy atom. The van der Waals surface area contributed by atoms with Gasteiger partial charge in [0.25, 0.3) is 11.7 Å². The molecule has 0 bridgehead atoms. The van der Waals surface area contributed by atoms with Crippen LogP contribution in [-0.4, -0.2) is 58.1 Å². The molecule has 0 saturated carbocycles. The summed E-state index contributed by atoms with van der Waals surface area (Å²) in [5, 5.41) is 2.20. The molecule has 0 spiro atoms. The first-order valence-electron chi connectivity index (χ1n) is 14.4. The molecule has 1 unspecified atom stereocenters. The maximum atomic E-state index is 13.9. The Balaban J connectivity index is 1.65. The van der Waals surface area contributed by atoms with Crippen LogP contribution in [-0.2, 0) is 32.2 Å². The summed E-state index contributed by atoms with van der Waals surface area (Å²) in [5.74, 6) is -3.98. The minimum atomic E-state index is -5.19. The van der Waals surface area contributed by atoms with E-state index < -0.39 is 54.7 Å². The summed E-state index contributed by atoms with van der Waals surface area (Å²) in [7, 11) is 0. The summed E-state index contributed by atoms with van der Waals surface area (Å²) >= 11 is 0. The van der Waals surface area contributed by atoms with Crippen molar-refractivity contribution >= 4 is 29.2 Å². The number of nitrogens with one attached hydrogen (secondary N) is 1. The lowest BCUT2D eigenvalue weighted by atomic mass is 9.97. The molecule has 8 nitrogen and oxygen atoms in total. The highest BCUT2D eigenvalue weighted by atomic mass is 19.4. The molecule has 0 aliphatic carbocycles. The topological polar surface area (TPSA) is 96.0 Å². The summed E-state index contributed by atoms with van der Waals surface area (Å²) < 4.78 is 46.4. The molecule has 0 aromatic heterocycles. The Morgan fingerprint density at radius 3 is 2.11 bits per heavy atom. The zero-order chi connectivity index (χ0) is 32.7. The number of carbonyl (C=O) groups excluding carboxylic acids is 4. The first-order valence-corrected chi connectivity index (χ1v) is 14.4. The van der Waals surface area contributed by atoms with Crippen LogP contribution < -0.4 is 10.1 Å². The third-order valence-corrected chi connectivity index (χ3v) is 7.26. The van der Waals surface area contributed by atoms with Gasteiger partial charge in [-0.15, -0.1) is 0 Å². The zero-order valence-electron chi connectivity index (χ0n) is 25.1. The lowest BCUT2D eigenvalue weighted by molar-refractivity contribution is -0.173. The van der Waals surface area contributed by atoms with Gasteiger partial charge in [-0.1, -0.05) is 86.6 Å². The Morgan fingerprint density at radius 1 is 0.911 bits per heavy atom. The van der Waals surface area contributed by atoms with Gasteiger partial charge in [0.1, 0.15) is 31.0 Å². The third kappa shape index (κ3) is 8.37. The summed E-state index contributed by atoms with van der Waals surface area (Å²) in [4.78, 5) is 54.6. The van der Waals surface area contributed by atoms with Crippen LogP contribution in [0.1, 0.15) is 37.5 Å². The number of hydrogen-bond acceptors (Lipinski definition) is 5. The minimum absolute atomic E-state index is 0.175. The van der Waals surface area contributed by atoms with Gasteiger partial charge in [-0.2, -0.15) is 13.2 Å². The SMILES string of the molecule is CC(=O)N1C=C(c2cccc(OCc3ccccc3)c2)N(CC(=O)NC(Cc2ccccc2)C(=O)C(F)(F)F)C(=O)[C@H]1C(C)C. The van der Waals surface area contributed by atoms with Crippen LogP contribution >= 0.6 is 0 Å². The Kier molecular flexibility index (Phi) is 10.4. The number of benzene rings is 3. The van der Waals surface area contributed by atoms with E-state index in [0.717, 1.165) is 10.5 Å². The third-order valence-electron chi connectivity index (χ3n) is 7.26. The number of hydrogen-bond donors (Lipinski definition) is 1. The van der Waals surface area contributed by atoms with E-state index >= 15 is 0 Å². The Hall–Kier alpha value is -4.93. The fourth-order valence-corrected chi connectivity index (χ4v) is 5.09. The largest absolute Gasteiger partial charge is 0.489 e. The smallest absolute Gasteiger partial charge is 0.452 e. The summed E-state index contributed by atoms with van der Waals surface area (Å²) in [5.41, 5.74) is 1.95. The van der Waals surface area contributed by atoms with Gasteiger partial charge in [0, 0.05) is 25.1 Å². The maximum absolute atomic E-state index is 13.9. The number of alkyl halides is 3. The van der Waals surface area contributed by atoms with Crippen molar-refractivity contribution in [1.29, 1.82) is 0 Å². The van der Waals surface area contributed by atoms with Crippen LogP contribution in [0.25, 0.3) is 5.70 Å². The van der Waals surface area contributed by atoms with Gasteiger partial charge >= 0.3 is 6.18 Å². The van der Waals surface area contributed by atoms with E-state index in [1.54, 1.807) is 68.4 Å². The number of halogens is 3. The predicted octanol–water partition coefficient (Wildman–Crippen LogP) is 5.14. The van der Waals surface area contributed by atoms with E-state index in [9.17, 15) is 32.3 Å². The molecule has 0 saturated heterocycles. The molecule has 3 aromatic carbocycles. The second-order valence-corrected chi connectivity index (χ2v) is 11.0. The van der Waals surface area contributed by atoms with E-state index in [0.29, 0.717) is 16.9 Å². The fraction of sp³-hybridized carbons (Fsp3) is 0.294. The van der Waals surface area contributed by atoms with Crippen molar-refractivity contribution in [2.24, 2.45) is 5.92 Å². The summed E-state index contributed by atoms with van der Waals surface area (Å²) in [6.07, 6.45) is -4.13. The molecular weight excluding hydrogens is 587 g/mol. The molecule has 0 fully saturated rings. The van der Waals surface area contributed by atoms with Gasteiger partial charge in [0.15, 0.2) is 0 Å². The number of amides is 3. The number of Topliss-reactive ketones (excluding diaryl/α,β-unsaturated/α-hetero) is 1. The molecule has 2 atom stereocenters. The van der Waals surface area contributed by atoms with E-state index in [-0.39, 0.29) is 18.2 Å². The average Bonchev–Trinajstić information content (AvgIpc) is 3.00. The Bertz CT molecular complexity index is 1560. The first-order chi connectivity index (χ1) is 21.3. The number of carbonyl (C=O) groups is 4. The molecule has 3 aromatic rings. The van der Waals surface area contributed by atoms with Crippen LogP contribution in [0.5, 0.6) is 5.75 Å². The predicted molar refractivity (Wildman–Crippen MR) is 161 cm³/mol. The Labute approximate surface area is 259 Å².